The number of rotatable bonds is 8. The van der Waals surface area contributed by atoms with Crippen LogP contribution < -0.4 is 5.32 Å². The molecule has 33 heavy (non-hydrogen) atoms. The SMILES string of the molecule is CCCc1cc(C(=O)N2CCc3c(cnc(C)c3CNC(=O)CSc3ccccc3)C2)no1. The van der Waals surface area contributed by atoms with Gasteiger partial charge in [0.2, 0.25) is 5.91 Å². The Morgan fingerprint density at radius 1 is 1.24 bits per heavy atom. The highest BCUT2D eigenvalue weighted by Crippen LogP contribution is 2.25. The van der Waals surface area contributed by atoms with E-state index in [0.717, 1.165) is 40.3 Å². The van der Waals surface area contributed by atoms with Crippen molar-refractivity contribution < 1.29 is 14.1 Å². The fourth-order valence-corrected chi connectivity index (χ4v) is 4.72. The summed E-state index contributed by atoms with van der Waals surface area (Å²) in [6, 6.07) is 11.6. The maximum atomic E-state index is 12.9. The molecule has 0 bridgehead atoms. The number of aryl methyl sites for hydroxylation is 2. The largest absolute Gasteiger partial charge is 0.361 e. The van der Waals surface area contributed by atoms with Gasteiger partial charge in [-0.15, -0.1) is 11.8 Å². The van der Waals surface area contributed by atoms with Crippen molar-refractivity contribution in [1.29, 1.82) is 0 Å². The van der Waals surface area contributed by atoms with E-state index in [0.29, 0.717) is 37.5 Å². The third-order valence-corrected chi connectivity index (χ3v) is 6.74. The summed E-state index contributed by atoms with van der Waals surface area (Å²) in [5.41, 5.74) is 4.50. The number of nitrogens with zero attached hydrogens (tertiary/aromatic N) is 3. The monoisotopic (exact) mass is 464 g/mol. The number of carbonyl (C=O) groups excluding carboxylic acids is 2. The first-order chi connectivity index (χ1) is 16.0. The zero-order chi connectivity index (χ0) is 23.2. The number of nitrogens with one attached hydrogen (secondary N) is 1. The molecule has 7 nitrogen and oxygen atoms in total. The van der Waals surface area contributed by atoms with Crippen LogP contribution in [0, 0.1) is 6.92 Å². The molecule has 0 radical (unpaired) electrons. The van der Waals surface area contributed by atoms with E-state index in [1.165, 1.54) is 17.3 Å². The molecule has 3 heterocycles. The van der Waals surface area contributed by atoms with E-state index in [9.17, 15) is 9.59 Å². The van der Waals surface area contributed by atoms with Gasteiger partial charge in [-0.1, -0.05) is 30.3 Å². The second-order valence-corrected chi connectivity index (χ2v) is 9.16. The summed E-state index contributed by atoms with van der Waals surface area (Å²) >= 11 is 1.52. The number of benzene rings is 1. The Bertz CT molecular complexity index is 1130. The number of carbonyl (C=O) groups is 2. The molecule has 0 saturated heterocycles. The first kappa shape index (κ1) is 23.0. The number of thioether (sulfide) groups is 1. The second-order valence-electron chi connectivity index (χ2n) is 8.11. The number of hydrogen-bond acceptors (Lipinski definition) is 6. The van der Waals surface area contributed by atoms with E-state index in [1.807, 2.05) is 43.5 Å². The van der Waals surface area contributed by atoms with Gasteiger partial charge in [0.05, 0.1) is 5.75 Å². The Kier molecular flexibility index (Phi) is 7.44. The lowest BCUT2D eigenvalue weighted by Gasteiger charge is -2.30. The number of amides is 2. The Balaban J connectivity index is 1.38. The van der Waals surface area contributed by atoms with Crippen LogP contribution in [0.15, 0.2) is 52.0 Å². The van der Waals surface area contributed by atoms with Crippen molar-refractivity contribution in [3.63, 3.8) is 0 Å². The molecule has 0 aliphatic carbocycles. The number of hydrogen-bond donors (Lipinski definition) is 1. The van der Waals surface area contributed by atoms with Gasteiger partial charge in [-0.3, -0.25) is 14.6 Å². The van der Waals surface area contributed by atoms with Gasteiger partial charge >= 0.3 is 0 Å². The van der Waals surface area contributed by atoms with Crippen molar-refractivity contribution in [1.82, 2.24) is 20.4 Å². The van der Waals surface area contributed by atoms with Crippen molar-refractivity contribution in [2.45, 2.75) is 51.1 Å². The summed E-state index contributed by atoms with van der Waals surface area (Å²) in [4.78, 5) is 32.7. The molecule has 3 aromatic rings. The molecule has 8 heteroatoms. The zero-order valence-corrected chi connectivity index (χ0v) is 19.8. The minimum absolute atomic E-state index is 0.0117. The van der Waals surface area contributed by atoms with Crippen LogP contribution in [-0.2, 0) is 30.7 Å². The molecule has 0 spiro atoms. The van der Waals surface area contributed by atoms with E-state index in [-0.39, 0.29) is 11.8 Å². The molecule has 0 saturated carbocycles. The summed E-state index contributed by atoms with van der Waals surface area (Å²) < 4.78 is 5.27. The molecular weight excluding hydrogens is 436 g/mol. The molecule has 2 aromatic heterocycles. The molecule has 0 atom stereocenters. The normalized spacial score (nSPS) is 13.0. The summed E-state index contributed by atoms with van der Waals surface area (Å²) in [7, 11) is 0. The van der Waals surface area contributed by atoms with Gasteiger partial charge in [0.25, 0.3) is 5.91 Å². The maximum Gasteiger partial charge on any atom is 0.276 e. The number of pyridine rings is 1. The van der Waals surface area contributed by atoms with Crippen molar-refractivity contribution in [2.24, 2.45) is 0 Å². The van der Waals surface area contributed by atoms with Gasteiger partial charge in [0.15, 0.2) is 5.69 Å². The van der Waals surface area contributed by atoms with Crippen LogP contribution in [0.25, 0.3) is 0 Å². The standard InChI is InChI=1S/C25H28N4O3S/c1-3-7-19-12-23(28-32-19)25(31)29-11-10-21-18(15-29)13-26-17(2)22(21)14-27-24(30)16-33-20-8-5-4-6-9-20/h4-6,8-9,12-13H,3,7,10-11,14-16H2,1-2H3,(H,27,30). The summed E-state index contributed by atoms with van der Waals surface area (Å²) in [5, 5.41) is 6.99. The second kappa shape index (κ2) is 10.7. The molecule has 4 rings (SSSR count). The maximum absolute atomic E-state index is 12.9. The Hall–Kier alpha value is -3.13. The van der Waals surface area contributed by atoms with Gasteiger partial charge in [0.1, 0.15) is 5.76 Å². The van der Waals surface area contributed by atoms with Gasteiger partial charge < -0.3 is 14.7 Å². The van der Waals surface area contributed by atoms with Crippen LogP contribution in [0.4, 0.5) is 0 Å². The molecule has 1 aromatic carbocycles. The highest BCUT2D eigenvalue weighted by Gasteiger charge is 2.26. The molecule has 1 aliphatic heterocycles. The Morgan fingerprint density at radius 3 is 2.85 bits per heavy atom. The topological polar surface area (TPSA) is 88.3 Å². The molecule has 0 unspecified atom stereocenters. The van der Waals surface area contributed by atoms with Crippen LogP contribution in [0.1, 0.15) is 52.0 Å². The van der Waals surface area contributed by atoms with Gasteiger partial charge in [-0.2, -0.15) is 0 Å². The summed E-state index contributed by atoms with van der Waals surface area (Å²) in [6.45, 7) is 5.53. The lowest BCUT2D eigenvalue weighted by molar-refractivity contribution is -0.118. The zero-order valence-electron chi connectivity index (χ0n) is 19.0. The Labute approximate surface area is 197 Å². The molecule has 2 amide bonds. The first-order valence-corrected chi connectivity index (χ1v) is 12.2. The van der Waals surface area contributed by atoms with Crippen molar-refractivity contribution in [3.8, 4) is 0 Å². The molecule has 172 valence electrons. The number of fused-ring (bicyclic) bond motifs is 1. The lowest BCUT2D eigenvalue weighted by atomic mass is 9.94. The van der Waals surface area contributed by atoms with E-state index in [1.54, 1.807) is 11.0 Å². The third-order valence-electron chi connectivity index (χ3n) is 5.73. The summed E-state index contributed by atoms with van der Waals surface area (Å²) in [6.07, 6.45) is 4.26. The third kappa shape index (κ3) is 5.63. The smallest absolute Gasteiger partial charge is 0.276 e. The highest BCUT2D eigenvalue weighted by atomic mass is 32.2. The quantitative estimate of drug-likeness (QED) is 0.508. The van der Waals surface area contributed by atoms with Crippen LogP contribution in [0.5, 0.6) is 0 Å². The number of aromatic nitrogens is 2. The predicted molar refractivity (Wildman–Crippen MR) is 127 cm³/mol. The van der Waals surface area contributed by atoms with Crippen LogP contribution >= 0.6 is 11.8 Å². The van der Waals surface area contributed by atoms with E-state index >= 15 is 0 Å². The van der Waals surface area contributed by atoms with Crippen molar-refractivity contribution in [3.05, 3.63) is 76.4 Å². The minimum Gasteiger partial charge on any atom is -0.361 e. The highest BCUT2D eigenvalue weighted by molar-refractivity contribution is 8.00. The minimum atomic E-state index is -0.125. The molecule has 0 fully saturated rings. The average molecular weight is 465 g/mol. The van der Waals surface area contributed by atoms with Gasteiger partial charge in [0, 0.05) is 48.9 Å². The first-order valence-electron chi connectivity index (χ1n) is 11.2. The van der Waals surface area contributed by atoms with E-state index in [2.05, 4.69) is 22.4 Å². The van der Waals surface area contributed by atoms with Crippen LogP contribution in [0.3, 0.4) is 0 Å². The van der Waals surface area contributed by atoms with E-state index in [4.69, 9.17) is 4.52 Å². The van der Waals surface area contributed by atoms with Gasteiger partial charge in [-0.05, 0) is 48.6 Å². The van der Waals surface area contributed by atoms with Crippen molar-refractivity contribution >= 4 is 23.6 Å². The Morgan fingerprint density at radius 2 is 2.06 bits per heavy atom. The van der Waals surface area contributed by atoms with E-state index < -0.39 is 0 Å². The fourth-order valence-electron chi connectivity index (χ4n) is 3.97. The van der Waals surface area contributed by atoms with Crippen LogP contribution in [-0.4, -0.2) is 39.2 Å². The summed E-state index contributed by atoms with van der Waals surface area (Å²) in [5.74, 6) is 0.965. The molecule has 1 N–H and O–H groups in total. The fraction of sp³-hybridized carbons (Fsp3) is 0.360. The molecular formula is C25H28N4O3S. The average Bonchev–Trinajstić information content (AvgIpc) is 3.31. The molecule has 1 aliphatic rings. The van der Waals surface area contributed by atoms with Gasteiger partial charge in [-0.25, -0.2) is 0 Å². The lowest BCUT2D eigenvalue weighted by Crippen LogP contribution is -2.37. The van der Waals surface area contributed by atoms with Crippen LogP contribution in [0.2, 0.25) is 0 Å². The van der Waals surface area contributed by atoms with Crippen molar-refractivity contribution in [2.75, 3.05) is 12.3 Å². The predicted octanol–water partition coefficient (Wildman–Crippen LogP) is 3.94.